The minimum Gasteiger partial charge on any atom is -0.497 e. The maximum Gasteiger partial charge on any atom is 0.433 e. The number of hydrogen-bond donors (Lipinski definition) is 0. The van der Waals surface area contributed by atoms with Crippen LogP contribution < -0.4 is 4.74 Å². The number of methoxy groups -OCH3 is 1. The third-order valence-corrected chi connectivity index (χ3v) is 7.50. The SMILES string of the molecule is COc1ccc(-c2nc3c(C(=O)N4CCN([C@H](C)c5ccccc5)C[C@H]4C)cnn3c(C(F)(F)F)c2C)cc1. The molecule has 1 amide bonds. The van der Waals surface area contributed by atoms with Crippen LogP contribution in [-0.4, -0.2) is 63.1 Å². The molecule has 7 nitrogen and oxygen atoms in total. The quantitative estimate of drug-likeness (QED) is 0.330. The summed E-state index contributed by atoms with van der Waals surface area (Å²) in [6, 6.07) is 16.8. The Morgan fingerprint density at radius 2 is 1.77 bits per heavy atom. The van der Waals surface area contributed by atoms with Crippen LogP contribution in [0.25, 0.3) is 16.9 Å². The largest absolute Gasteiger partial charge is 0.497 e. The van der Waals surface area contributed by atoms with Crippen LogP contribution in [-0.2, 0) is 6.18 Å². The normalized spacial score (nSPS) is 17.4. The van der Waals surface area contributed by atoms with Gasteiger partial charge in [-0.1, -0.05) is 30.3 Å². The van der Waals surface area contributed by atoms with Crippen LogP contribution in [0, 0.1) is 6.92 Å². The molecule has 4 aromatic rings. The molecule has 2 atom stereocenters. The number of ether oxygens (including phenoxy) is 1. The second kappa shape index (κ2) is 10.3. The number of carbonyl (C=O) groups is 1. The van der Waals surface area contributed by atoms with Gasteiger partial charge in [0.2, 0.25) is 0 Å². The Morgan fingerprint density at radius 1 is 1.08 bits per heavy atom. The molecule has 0 bridgehead atoms. The highest BCUT2D eigenvalue weighted by molar-refractivity contribution is 6.00. The number of nitrogens with zero attached hydrogens (tertiary/aromatic N) is 5. The van der Waals surface area contributed by atoms with Gasteiger partial charge in [0.05, 0.1) is 19.0 Å². The van der Waals surface area contributed by atoms with E-state index in [1.54, 1.807) is 29.2 Å². The first-order valence-electron chi connectivity index (χ1n) is 12.8. The molecule has 0 N–H and O–H groups in total. The van der Waals surface area contributed by atoms with Gasteiger partial charge in [0.15, 0.2) is 11.3 Å². The van der Waals surface area contributed by atoms with Crippen molar-refractivity contribution in [1.82, 2.24) is 24.4 Å². The Bertz CT molecular complexity index is 1490. The number of alkyl halides is 3. The van der Waals surface area contributed by atoms with Gasteiger partial charge in [0.25, 0.3) is 5.91 Å². The Labute approximate surface area is 224 Å². The minimum absolute atomic E-state index is 0.0478. The zero-order chi connectivity index (χ0) is 27.9. The molecular formula is C29H30F3N5O2. The first kappa shape index (κ1) is 26.7. The fourth-order valence-corrected chi connectivity index (χ4v) is 5.32. The number of piperazine rings is 1. The van der Waals surface area contributed by atoms with Crippen molar-refractivity contribution in [3.63, 3.8) is 0 Å². The number of carbonyl (C=O) groups excluding carboxylic acids is 1. The first-order chi connectivity index (χ1) is 18.6. The van der Waals surface area contributed by atoms with Crippen molar-refractivity contribution in [2.45, 2.75) is 39.0 Å². The van der Waals surface area contributed by atoms with E-state index in [0.29, 0.717) is 30.9 Å². The Hall–Kier alpha value is -3.92. The summed E-state index contributed by atoms with van der Waals surface area (Å²) in [5.41, 5.74) is 0.727. The Morgan fingerprint density at radius 3 is 2.38 bits per heavy atom. The summed E-state index contributed by atoms with van der Waals surface area (Å²) < 4.78 is 48.7. The predicted molar refractivity (Wildman–Crippen MR) is 142 cm³/mol. The standard InChI is InChI=1S/C29H30F3N5O2/c1-18-17-35(20(3)21-8-6-5-7-9-21)14-15-36(18)28(38)24-16-33-37-26(29(30,31)32)19(2)25(34-27(24)37)22-10-12-23(39-4)13-11-22/h5-13,16,18,20H,14-15,17H2,1-4H3/t18-,20-/m1/s1. The summed E-state index contributed by atoms with van der Waals surface area (Å²) in [7, 11) is 1.51. The van der Waals surface area contributed by atoms with E-state index in [-0.39, 0.29) is 40.5 Å². The van der Waals surface area contributed by atoms with Gasteiger partial charge in [-0.15, -0.1) is 0 Å². The first-order valence-corrected chi connectivity index (χ1v) is 12.8. The molecule has 5 rings (SSSR count). The molecule has 1 fully saturated rings. The molecule has 0 unspecified atom stereocenters. The van der Waals surface area contributed by atoms with Crippen LogP contribution in [0.15, 0.2) is 60.8 Å². The number of halogens is 3. The summed E-state index contributed by atoms with van der Waals surface area (Å²) in [5.74, 6) is 0.193. The lowest BCUT2D eigenvalue weighted by molar-refractivity contribution is -0.143. The number of aromatic nitrogens is 3. The fourth-order valence-electron chi connectivity index (χ4n) is 5.32. The molecule has 0 spiro atoms. The highest BCUT2D eigenvalue weighted by Crippen LogP contribution is 2.37. The Balaban J connectivity index is 1.50. The zero-order valence-electron chi connectivity index (χ0n) is 22.2. The monoisotopic (exact) mass is 537 g/mol. The van der Waals surface area contributed by atoms with E-state index in [0.717, 1.165) is 4.52 Å². The molecule has 0 saturated carbocycles. The van der Waals surface area contributed by atoms with Crippen LogP contribution in [0.4, 0.5) is 13.2 Å². The Kier molecular flexibility index (Phi) is 7.07. The molecule has 1 aliphatic rings. The number of amides is 1. The average Bonchev–Trinajstić information content (AvgIpc) is 3.34. The van der Waals surface area contributed by atoms with E-state index in [4.69, 9.17) is 4.74 Å². The van der Waals surface area contributed by atoms with E-state index >= 15 is 0 Å². The van der Waals surface area contributed by atoms with Crippen molar-refractivity contribution in [3.8, 4) is 17.0 Å². The molecule has 2 aromatic heterocycles. The summed E-state index contributed by atoms with van der Waals surface area (Å²) in [4.78, 5) is 22.3. The lowest BCUT2D eigenvalue weighted by atomic mass is 10.0. The van der Waals surface area contributed by atoms with Crippen LogP contribution in [0.5, 0.6) is 5.75 Å². The van der Waals surface area contributed by atoms with Gasteiger partial charge in [-0.05, 0) is 50.6 Å². The lowest BCUT2D eigenvalue weighted by Gasteiger charge is -2.42. The third kappa shape index (κ3) is 4.96. The number of benzene rings is 2. The van der Waals surface area contributed by atoms with Crippen molar-refractivity contribution in [2.24, 2.45) is 0 Å². The van der Waals surface area contributed by atoms with Crippen molar-refractivity contribution in [3.05, 3.63) is 83.2 Å². The zero-order valence-corrected chi connectivity index (χ0v) is 22.2. The van der Waals surface area contributed by atoms with Gasteiger partial charge in [-0.25, -0.2) is 9.50 Å². The van der Waals surface area contributed by atoms with Gasteiger partial charge in [-0.3, -0.25) is 9.69 Å². The molecule has 2 aromatic carbocycles. The van der Waals surface area contributed by atoms with Crippen LogP contribution >= 0.6 is 0 Å². The number of rotatable bonds is 5. The van der Waals surface area contributed by atoms with Crippen molar-refractivity contribution >= 4 is 11.6 Å². The van der Waals surface area contributed by atoms with Crippen molar-refractivity contribution in [1.29, 1.82) is 0 Å². The highest BCUT2D eigenvalue weighted by Gasteiger charge is 2.39. The molecule has 3 heterocycles. The van der Waals surface area contributed by atoms with Gasteiger partial charge in [0, 0.05) is 42.8 Å². The molecule has 0 radical (unpaired) electrons. The van der Waals surface area contributed by atoms with Crippen LogP contribution in [0.3, 0.4) is 0 Å². The van der Waals surface area contributed by atoms with Crippen LogP contribution in [0.1, 0.15) is 47.1 Å². The van der Waals surface area contributed by atoms with Crippen LogP contribution in [0.2, 0.25) is 0 Å². The maximum atomic E-state index is 14.3. The second-order valence-electron chi connectivity index (χ2n) is 9.88. The minimum atomic E-state index is -4.70. The van der Waals surface area contributed by atoms with Gasteiger partial charge in [-0.2, -0.15) is 18.3 Å². The molecule has 1 aliphatic heterocycles. The summed E-state index contributed by atoms with van der Waals surface area (Å²) in [5, 5.41) is 3.99. The fraction of sp³-hybridized carbons (Fsp3) is 0.345. The van der Waals surface area contributed by atoms with Gasteiger partial charge < -0.3 is 9.64 Å². The molecule has 204 valence electrons. The molecule has 10 heteroatoms. The van der Waals surface area contributed by atoms with Crippen molar-refractivity contribution in [2.75, 3.05) is 26.7 Å². The smallest absolute Gasteiger partial charge is 0.433 e. The third-order valence-electron chi connectivity index (χ3n) is 7.50. The predicted octanol–water partition coefficient (Wildman–Crippen LogP) is 5.64. The average molecular weight is 538 g/mol. The van der Waals surface area contributed by atoms with E-state index in [9.17, 15) is 18.0 Å². The molecule has 1 saturated heterocycles. The topological polar surface area (TPSA) is 63.0 Å². The van der Waals surface area contributed by atoms with Gasteiger partial charge >= 0.3 is 6.18 Å². The summed E-state index contributed by atoms with van der Waals surface area (Å²) in [6.45, 7) is 7.18. The summed E-state index contributed by atoms with van der Waals surface area (Å²) >= 11 is 0. The molecule has 39 heavy (non-hydrogen) atoms. The molecular weight excluding hydrogens is 507 g/mol. The van der Waals surface area contributed by atoms with E-state index in [2.05, 4.69) is 34.0 Å². The number of hydrogen-bond acceptors (Lipinski definition) is 5. The lowest BCUT2D eigenvalue weighted by Crippen LogP contribution is -2.54. The van der Waals surface area contributed by atoms with Gasteiger partial charge in [0.1, 0.15) is 11.3 Å². The maximum absolute atomic E-state index is 14.3. The van der Waals surface area contributed by atoms with E-state index in [1.165, 1.54) is 25.8 Å². The summed E-state index contributed by atoms with van der Waals surface area (Å²) in [6.07, 6.45) is -3.51. The van der Waals surface area contributed by atoms with E-state index in [1.807, 2.05) is 25.1 Å². The second-order valence-corrected chi connectivity index (χ2v) is 9.88. The highest BCUT2D eigenvalue weighted by atomic mass is 19.4. The van der Waals surface area contributed by atoms with E-state index < -0.39 is 11.9 Å². The molecule has 0 aliphatic carbocycles. The number of fused-ring (bicyclic) bond motifs is 1. The van der Waals surface area contributed by atoms with Crippen molar-refractivity contribution < 1.29 is 22.7 Å².